The molecule has 3 aromatic rings. The van der Waals surface area contributed by atoms with Crippen LogP contribution in [-0.4, -0.2) is 22.8 Å². The van der Waals surface area contributed by atoms with Gasteiger partial charge in [0.05, 0.1) is 12.8 Å². The molecule has 2 aromatic carbocycles. The van der Waals surface area contributed by atoms with Gasteiger partial charge in [-0.25, -0.2) is 0 Å². The number of ether oxygens (including phenoxy) is 1. The second-order valence-corrected chi connectivity index (χ2v) is 5.86. The molecule has 0 fully saturated rings. The molecule has 128 valence electrons. The second kappa shape index (κ2) is 7.40. The van der Waals surface area contributed by atoms with E-state index in [-0.39, 0.29) is 5.91 Å². The average molecular weight is 356 g/mol. The molecule has 0 radical (unpaired) electrons. The predicted octanol–water partition coefficient (Wildman–Crippen LogP) is 4.48. The lowest BCUT2D eigenvalue weighted by atomic mass is 10.1. The third-order valence-electron chi connectivity index (χ3n) is 3.78. The molecule has 0 aliphatic heterocycles. The first kappa shape index (κ1) is 17.0. The second-order valence-electron chi connectivity index (χ2n) is 5.42. The number of aryl methyl sites for hydroxylation is 1. The Labute approximate surface area is 151 Å². The molecule has 0 saturated heterocycles. The number of carbonyl (C=O) groups excluding carboxylic acids is 1. The molecule has 1 aromatic heterocycles. The normalized spacial score (nSPS) is 10.5. The number of nitrogens with zero attached hydrogens (tertiary/aromatic N) is 2. The Morgan fingerprint density at radius 2 is 1.96 bits per heavy atom. The molecule has 0 unspecified atom stereocenters. The maximum Gasteiger partial charge on any atom is 0.273 e. The van der Waals surface area contributed by atoms with Crippen LogP contribution in [0.25, 0.3) is 11.3 Å². The molecule has 5 nitrogen and oxygen atoms in total. The van der Waals surface area contributed by atoms with Gasteiger partial charge in [-0.3, -0.25) is 9.48 Å². The van der Waals surface area contributed by atoms with E-state index in [0.29, 0.717) is 22.9 Å². The van der Waals surface area contributed by atoms with Crippen molar-refractivity contribution in [3.05, 3.63) is 65.3 Å². The molecule has 0 spiro atoms. The number of nitrogens with one attached hydrogen (secondary N) is 1. The number of benzene rings is 2. The van der Waals surface area contributed by atoms with Crippen LogP contribution in [0.1, 0.15) is 17.4 Å². The van der Waals surface area contributed by atoms with Crippen LogP contribution in [0.15, 0.2) is 54.6 Å². The first-order chi connectivity index (χ1) is 12.1. The molecule has 0 aliphatic carbocycles. The van der Waals surface area contributed by atoms with Crippen molar-refractivity contribution in [2.75, 3.05) is 12.4 Å². The number of amides is 1. The van der Waals surface area contributed by atoms with E-state index in [1.54, 1.807) is 42.1 Å². The smallest absolute Gasteiger partial charge is 0.273 e. The van der Waals surface area contributed by atoms with E-state index in [4.69, 9.17) is 16.3 Å². The van der Waals surface area contributed by atoms with Crippen molar-refractivity contribution >= 4 is 23.2 Å². The Hall–Kier alpha value is -2.79. The van der Waals surface area contributed by atoms with Crippen LogP contribution in [0.2, 0.25) is 5.02 Å². The number of methoxy groups -OCH3 is 1. The summed E-state index contributed by atoms with van der Waals surface area (Å²) in [5, 5.41) is 7.95. The molecule has 3 rings (SSSR count). The Morgan fingerprint density at radius 1 is 1.20 bits per heavy atom. The lowest BCUT2D eigenvalue weighted by Crippen LogP contribution is -2.17. The topological polar surface area (TPSA) is 56.2 Å². The van der Waals surface area contributed by atoms with Crippen molar-refractivity contribution < 1.29 is 9.53 Å². The average Bonchev–Trinajstić information content (AvgIpc) is 3.06. The lowest BCUT2D eigenvalue weighted by molar-refractivity contribution is 0.101. The Bertz CT molecular complexity index is 888. The Kier molecular flexibility index (Phi) is 5.05. The van der Waals surface area contributed by atoms with Gasteiger partial charge in [-0.05, 0) is 55.5 Å². The zero-order chi connectivity index (χ0) is 17.8. The number of anilines is 1. The minimum atomic E-state index is -0.226. The quantitative estimate of drug-likeness (QED) is 0.733. The van der Waals surface area contributed by atoms with E-state index in [2.05, 4.69) is 10.4 Å². The molecule has 0 bridgehead atoms. The van der Waals surface area contributed by atoms with Crippen LogP contribution in [0, 0.1) is 0 Å². The third kappa shape index (κ3) is 3.83. The van der Waals surface area contributed by atoms with Crippen LogP contribution in [-0.2, 0) is 6.54 Å². The van der Waals surface area contributed by atoms with Crippen molar-refractivity contribution in [1.82, 2.24) is 9.78 Å². The highest BCUT2D eigenvalue weighted by Crippen LogP contribution is 2.23. The third-order valence-corrected chi connectivity index (χ3v) is 4.02. The van der Waals surface area contributed by atoms with E-state index < -0.39 is 0 Å². The summed E-state index contributed by atoms with van der Waals surface area (Å²) in [6.07, 6.45) is 0. The maximum absolute atomic E-state index is 12.6. The van der Waals surface area contributed by atoms with E-state index in [0.717, 1.165) is 17.0 Å². The molecule has 25 heavy (non-hydrogen) atoms. The molecule has 0 aliphatic rings. The summed E-state index contributed by atoms with van der Waals surface area (Å²) in [5.41, 5.74) is 2.80. The number of aromatic nitrogens is 2. The maximum atomic E-state index is 12.6. The summed E-state index contributed by atoms with van der Waals surface area (Å²) >= 11 is 5.96. The molecule has 1 amide bonds. The fourth-order valence-corrected chi connectivity index (χ4v) is 2.70. The van der Waals surface area contributed by atoms with Gasteiger partial charge in [0.1, 0.15) is 11.4 Å². The van der Waals surface area contributed by atoms with E-state index in [1.165, 1.54) is 0 Å². The molecule has 0 atom stereocenters. The summed E-state index contributed by atoms with van der Waals surface area (Å²) in [6, 6.07) is 16.4. The summed E-state index contributed by atoms with van der Waals surface area (Å²) in [7, 11) is 1.62. The number of halogens is 1. The minimum absolute atomic E-state index is 0.226. The molecular formula is C19H18ClN3O2. The summed E-state index contributed by atoms with van der Waals surface area (Å²) in [5.74, 6) is 0.550. The van der Waals surface area contributed by atoms with Gasteiger partial charge < -0.3 is 10.1 Å². The van der Waals surface area contributed by atoms with Gasteiger partial charge in [0.2, 0.25) is 0 Å². The van der Waals surface area contributed by atoms with Crippen LogP contribution in [0.3, 0.4) is 0 Å². The molecule has 0 saturated carbocycles. The van der Waals surface area contributed by atoms with Gasteiger partial charge in [0, 0.05) is 22.8 Å². The zero-order valence-corrected chi connectivity index (χ0v) is 14.7. The standard InChI is InChI=1S/C19H18ClN3O2/c1-3-23-18(19(24)21-15-6-4-5-14(20)11-15)12-17(22-23)13-7-9-16(25-2)10-8-13/h4-12H,3H2,1-2H3,(H,21,24). The predicted molar refractivity (Wildman–Crippen MR) is 99.3 cm³/mol. The number of carbonyl (C=O) groups is 1. The van der Waals surface area contributed by atoms with Gasteiger partial charge in [-0.2, -0.15) is 5.10 Å². The van der Waals surface area contributed by atoms with Gasteiger partial charge in [-0.15, -0.1) is 0 Å². The van der Waals surface area contributed by atoms with E-state index >= 15 is 0 Å². The number of hydrogen-bond donors (Lipinski definition) is 1. The van der Waals surface area contributed by atoms with Gasteiger partial charge in [0.25, 0.3) is 5.91 Å². The molecular weight excluding hydrogens is 338 g/mol. The van der Waals surface area contributed by atoms with Gasteiger partial charge in [0.15, 0.2) is 0 Å². The summed E-state index contributed by atoms with van der Waals surface area (Å²) in [4.78, 5) is 12.6. The number of rotatable bonds is 5. The van der Waals surface area contributed by atoms with Crippen molar-refractivity contribution in [2.45, 2.75) is 13.5 Å². The molecule has 1 N–H and O–H groups in total. The van der Waals surface area contributed by atoms with E-state index in [1.807, 2.05) is 31.2 Å². The minimum Gasteiger partial charge on any atom is -0.497 e. The van der Waals surface area contributed by atoms with Crippen molar-refractivity contribution in [1.29, 1.82) is 0 Å². The van der Waals surface area contributed by atoms with Crippen molar-refractivity contribution in [3.63, 3.8) is 0 Å². The van der Waals surface area contributed by atoms with Crippen LogP contribution in [0.4, 0.5) is 5.69 Å². The summed E-state index contributed by atoms with van der Waals surface area (Å²) < 4.78 is 6.85. The van der Waals surface area contributed by atoms with Crippen molar-refractivity contribution in [3.8, 4) is 17.0 Å². The highest BCUT2D eigenvalue weighted by atomic mass is 35.5. The van der Waals surface area contributed by atoms with Gasteiger partial charge >= 0.3 is 0 Å². The van der Waals surface area contributed by atoms with E-state index in [9.17, 15) is 4.79 Å². The fraction of sp³-hybridized carbons (Fsp3) is 0.158. The first-order valence-electron chi connectivity index (χ1n) is 7.90. The van der Waals surface area contributed by atoms with Crippen LogP contribution in [0.5, 0.6) is 5.75 Å². The molecule has 6 heteroatoms. The van der Waals surface area contributed by atoms with Crippen LogP contribution >= 0.6 is 11.6 Å². The summed E-state index contributed by atoms with van der Waals surface area (Å²) in [6.45, 7) is 2.54. The first-order valence-corrected chi connectivity index (χ1v) is 8.27. The largest absolute Gasteiger partial charge is 0.497 e. The van der Waals surface area contributed by atoms with Gasteiger partial charge in [-0.1, -0.05) is 17.7 Å². The lowest BCUT2D eigenvalue weighted by Gasteiger charge is -2.06. The van der Waals surface area contributed by atoms with Crippen LogP contribution < -0.4 is 10.1 Å². The Morgan fingerprint density at radius 3 is 2.60 bits per heavy atom. The highest BCUT2D eigenvalue weighted by Gasteiger charge is 2.16. The van der Waals surface area contributed by atoms with Crippen molar-refractivity contribution in [2.24, 2.45) is 0 Å². The zero-order valence-electron chi connectivity index (χ0n) is 14.0. The monoisotopic (exact) mass is 355 g/mol. The Balaban J connectivity index is 1.88. The molecule has 1 heterocycles. The highest BCUT2D eigenvalue weighted by molar-refractivity contribution is 6.30. The fourth-order valence-electron chi connectivity index (χ4n) is 2.50. The number of hydrogen-bond acceptors (Lipinski definition) is 3. The SMILES string of the molecule is CCn1nc(-c2ccc(OC)cc2)cc1C(=O)Nc1cccc(Cl)c1.